The molecule has 3 aliphatic heterocycles. The van der Waals surface area contributed by atoms with E-state index < -0.39 is 23.4 Å². The molecule has 2 fully saturated rings. The first-order valence-electron chi connectivity index (χ1n) is 12.2. The zero-order valence-electron chi connectivity index (χ0n) is 20.4. The van der Waals surface area contributed by atoms with Gasteiger partial charge in [-0.05, 0) is 29.8 Å². The Morgan fingerprint density at radius 2 is 1.89 bits per heavy atom. The maximum Gasteiger partial charge on any atom is 0.416 e. The molecule has 0 unspecified atom stereocenters. The molecule has 0 atom stereocenters. The van der Waals surface area contributed by atoms with E-state index in [1.807, 2.05) is 0 Å². The van der Waals surface area contributed by atoms with Gasteiger partial charge in [0.2, 0.25) is 0 Å². The van der Waals surface area contributed by atoms with Crippen LogP contribution in [-0.2, 0) is 27.2 Å². The lowest BCUT2D eigenvalue weighted by atomic mass is 9.91. The average molecular weight is 534 g/mol. The normalized spacial score (nSPS) is 19.4. The molecule has 0 aliphatic carbocycles. The van der Waals surface area contributed by atoms with Crippen LogP contribution in [0.1, 0.15) is 36.0 Å². The van der Waals surface area contributed by atoms with Crippen LogP contribution >= 0.6 is 0 Å². The third-order valence-electron chi connectivity index (χ3n) is 6.80. The highest BCUT2D eigenvalue weighted by Crippen LogP contribution is 2.32. The molecule has 9 nitrogen and oxygen atoms in total. The van der Waals surface area contributed by atoms with E-state index in [1.165, 1.54) is 12.1 Å². The standard InChI is InChI=1S/C26H26F3N3O6/c27-26(28,29)18-3-1-17(2-4-18)14-37-31-21-7-12-35-22-13-19(5-6-20(21)22)36-15-23(33)32-10-8-25(9-11-32)16-30-24(34)38-25/h1-6,13H,7-12,14-16H2,(H,30,34). The van der Waals surface area contributed by atoms with E-state index in [1.54, 1.807) is 23.1 Å². The predicted molar refractivity (Wildman–Crippen MR) is 128 cm³/mol. The van der Waals surface area contributed by atoms with Gasteiger partial charge in [0.25, 0.3) is 5.91 Å². The van der Waals surface area contributed by atoms with E-state index >= 15 is 0 Å². The molecule has 3 heterocycles. The van der Waals surface area contributed by atoms with Crippen molar-refractivity contribution in [2.45, 2.75) is 37.6 Å². The largest absolute Gasteiger partial charge is 0.492 e. The van der Waals surface area contributed by atoms with Crippen LogP contribution < -0.4 is 14.8 Å². The van der Waals surface area contributed by atoms with Gasteiger partial charge in [-0.15, -0.1) is 0 Å². The summed E-state index contributed by atoms with van der Waals surface area (Å²) >= 11 is 0. The molecule has 0 aromatic heterocycles. The average Bonchev–Trinajstić information content (AvgIpc) is 3.27. The molecule has 202 valence electrons. The minimum absolute atomic E-state index is 0.0255. The third-order valence-corrected chi connectivity index (χ3v) is 6.80. The fraction of sp³-hybridized carbons (Fsp3) is 0.423. The summed E-state index contributed by atoms with van der Waals surface area (Å²) in [5, 5.41) is 6.84. The Hall–Kier alpha value is -3.96. The predicted octanol–water partition coefficient (Wildman–Crippen LogP) is 3.89. The summed E-state index contributed by atoms with van der Waals surface area (Å²) in [7, 11) is 0. The minimum Gasteiger partial charge on any atom is -0.492 e. The van der Waals surface area contributed by atoms with E-state index in [0.29, 0.717) is 73.8 Å². The number of hydrogen-bond donors (Lipinski definition) is 1. The van der Waals surface area contributed by atoms with Gasteiger partial charge in [0.15, 0.2) is 6.61 Å². The van der Waals surface area contributed by atoms with Crippen molar-refractivity contribution < 1.29 is 41.8 Å². The van der Waals surface area contributed by atoms with Gasteiger partial charge in [0.05, 0.1) is 24.4 Å². The van der Waals surface area contributed by atoms with E-state index in [0.717, 1.165) is 12.1 Å². The highest BCUT2D eigenvalue weighted by atomic mass is 19.4. The molecule has 0 radical (unpaired) electrons. The number of carbonyl (C=O) groups is 2. The molecule has 12 heteroatoms. The Kier molecular flexibility index (Phi) is 7.04. The topological polar surface area (TPSA) is 98.7 Å². The number of amides is 2. The molecule has 5 rings (SSSR count). The highest BCUT2D eigenvalue weighted by Gasteiger charge is 2.43. The third kappa shape index (κ3) is 5.79. The summed E-state index contributed by atoms with van der Waals surface area (Å²) in [4.78, 5) is 31.1. The van der Waals surface area contributed by atoms with Crippen molar-refractivity contribution in [3.63, 3.8) is 0 Å². The van der Waals surface area contributed by atoms with Crippen LogP contribution in [0.5, 0.6) is 11.5 Å². The summed E-state index contributed by atoms with van der Waals surface area (Å²) in [6, 6.07) is 9.88. The van der Waals surface area contributed by atoms with Crippen molar-refractivity contribution in [1.82, 2.24) is 10.2 Å². The van der Waals surface area contributed by atoms with E-state index in [9.17, 15) is 22.8 Å². The Balaban J connectivity index is 1.13. The second-order valence-corrected chi connectivity index (χ2v) is 9.36. The van der Waals surface area contributed by atoms with Gasteiger partial charge in [0.1, 0.15) is 23.7 Å². The molecule has 3 aliphatic rings. The summed E-state index contributed by atoms with van der Waals surface area (Å²) in [5.41, 5.74) is 0.677. The molecule has 0 bridgehead atoms. The van der Waals surface area contributed by atoms with Crippen molar-refractivity contribution in [1.29, 1.82) is 0 Å². The molecule has 0 saturated carbocycles. The number of alkyl carbamates (subject to hydrolysis) is 1. The van der Waals surface area contributed by atoms with Crippen molar-refractivity contribution in [2.24, 2.45) is 5.16 Å². The zero-order valence-corrected chi connectivity index (χ0v) is 20.4. The molecule has 1 N–H and O–H groups in total. The lowest BCUT2D eigenvalue weighted by molar-refractivity contribution is -0.138. The van der Waals surface area contributed by atoms with Crippen molar-refractivity contribution in [3.8, 4) is 11.5 Å². The van der Waals surface area contributed by atoms with E-state index in [2.05, 4.69) is 10.5 Å². The first kappa shape index (κ1) is 25.7. The molecular weight excluding hydrogens is 507 g/mol. The Morgan fingerprint density at radius 3 is 2.58 bits per heavy atom. The van der Waals surface area contributed by atoms with Crippen LogP contribution in [0.25, 0.3) is 0 Å². The minimum atomic E-state index is -4.39. The van der Waals surface area contributed by atoms with Gasteiger partial charge >= 0.3 is 12.3 Å². The summed E-state index contributed by atoms with van der Waals surface area (Å²) in [5.74, 6) is 0.842. The molecule has 2 aromatic rings. The lowest BCUT2D eigenvalue weighted by Crippen LogP contribution is -2.49. The number of carbonyl (C=O) groups excluding carboxylic acids is 2. The van der Waals surface area contributed by atoms with Gasteiger partial charge in [0, 0.05) is 44.0 Å². The van der Waals surface area contributed by atoms with Crippen LogP contribution in [-0.4, -0.2) is 61.1 Å². The Bertz CT molecular complexity index is 1220. The number of hydrogen-bond acceptors (Lipinski definition) is 7. The molecule has 38 heavy (non-hydrogen) atoms. The van der Waals surface area contributed by atoms with Crippen molar-refractivity contribution >= 4 is 17.7 Å². The fourth-order valence-electron chi connectivity index (χ4n) is 4.59. The van der Waals surface area contributed by atoms with Crippen LogP contribution in [0.15, 0.2) is 47.6 Å². The summed E-state index contributed by atoms with van der Waals surface area (Å²) < 4.78 is 54.9. The van der Waals surface area contributed by atoms with E-state index in [4.69, 9.17) is 19.0 Å². The number of oxime groups is 1. The maximum atomic E-state index is 12.7. The quantitative estimate of drug-likeness (QED) is 0.566. The van der Waals surface area contributed by atoms with Crippen LogP contribution in [0, 0.1) is 0 Å². The molecular formula is C26H26F3N3O6. The van der Waals surface area contributed by atoms with Gasteiger partial charge < -0.3 is 29.3 Å². The maximum absolute atomic E-state index is 12.7. The summed E-state index contributed by atoms with van der Waals surface area (Å²) in [6.45, 7) is 1.68. The van der Waals surface area contributed by atoms with Gasteiger partial charge in [-0.3, -0.25) is 4.79 Å². The molecule has 2 amide bonds. The van der Waals surface area contributed by atoms with Crippen LogP contribution in [0.3, 0.4) is 0 Å². The Labute approximate surface area is 216 Å². The number of likely N-dealkylation sites (tertiary alicyclic amines) is 1. The van der Waals surface area contributed by atoms with Crippen LogP contribution in [0.2, 0.25) is 0 Å². The fourth-order valence-corrected chi connectivity index (χ4v) is 4.59. The highest BCUT2D eigenvalue weighted by molar-refractivity contribution is 6.03. The molecule has 2 saturated heterocycles. The number of nitrogens with one attached hydrogen (secondary N) is 1. The number of piperidine rings is 1. The number of ether oxygens (including phenoxy) is 3. The van der Waals surface area contributed by atoms with Gasteiger partial charge in [-0.2, -0.15) is 13.2 Å². The lowest BCUT2D eigenvalue weighted by Gasteiger charge is -2.37. The van der Waals surface area contributed by atoms with Gasteiger partial charge in [-0.1, -0.05) is 17.3 Å². The summed E-state index contributed by atoms with van der Waals surface area (Å²) in [6.07, 6.45) is -3.15. The molecule has 2 aromatic carbocycles. The number of fused-ring (bicyclic) bond motifs is 1. The second kappa shape index (κ2) is 10.4. The first-order valence-corrected chi connectivity index (χ1v) is 12.2. The molecule has 1 spiro atoms. The number of rotatable bonds is 6. The number of nitrogens with zero attached hydrogens (tertiary/aromatic N) is 2. The number of halogens is 3. The zero-order chi connectivity index (χ0) is 26.8. The smallest absolute Gasteiger partial charge is 0.416 e. The van der Waals surface area contributed by atoms with Crippen molar-refractivity contribution in [2.75, 3.05) is 32.8 Å². The Morgan fingerprint density at radius 1 is 1.13 bits per heavy atom. The van der Waals surface area contributed by atoms with Crippen LogP contribution in [0.4, 0.5) is 18.0 Å². The number of alkyl halides is 3. The van der Waals surface area contributed by atoms with E-state index in [-0.39, 0.29) is 19.1 Å². The monoisotopic (exact) mass is 533 g/mol. The van der Waals surface area contributed by atoms with Gasteiger partial charge in [-0.25, -0.2) is 4.79 Å². The first-order chi connectivity index (χ1) is 18.2. The van der Waals surface area contributed by atoms with Crippen molar-refractivity contribution in [3.05, 3.63) is 59.2 Å². The second-order valence-electron chi connectivity index (χ2n) is 9.36. The SMILES string of the molecule is O=C1NCC2(CCN(C(=O)COc3ccc4c(c3)OCCC4=NOCc3ccc(C(F)(F)F)cc3)CC2)O1. The number of benzene rings is 2.